The number of nitrogens with one attached hydrogen (secondary N) is 1. The summed E-state index contributed by atoms with van der Waals surface area (Å²) in [7, 11) is -3.71. The van der Waals surface area contributed by atoms with E-state index in [0.29, 0.717) is 4.34 Å². The molecule has 108 valence electrons. The molecule has 0 bridgehead atoms. The van der Waals surface area contributed by atoms with E-state index in [-0.39, 0.29) is 21.7 Å². The summed E-state index contributed by atoms with van der Waals surface area (Å²) in [4.78, 5) is -0.0252. The number of halogens is 2. The first-order valence-corrected chi connectivity index (χ1v) is 9.08. The van der Waals surface area contributed by atoms with Gasteiger partial charge in [0, 0.05) is 6.54 Å². The molecular weight excluding hydrogens is 329 g/mol. The molecule has 2 rings (SSSR count). The minimum Gasteiger partial charge on any atom is -0.391 e. The smallest absolute Gasteiger partial charge is 0.243 e. The van der Waals surface area contributed by atoms with Crippen LogP contribution in [-0.2, 0) is 10.0 Å². The van der Waals surface area contributed by atoms with Crippen molar-refractivity contribution in [2.75, 3.05) is 6.54 Å². The lowest BCUT2D eigenvalue weighted by Crippen LogP contribution is -2.35. The van der Waals surface area contributed by atoms with Crippen LogP contribution in [-0.4, -0.2) is 26.2 Å². The highest BCUT2D eigenvalue weighted by Gasteiger charge is 2.26. The summed E-state index contributed by atoms with van der Waals surface area (Å²) in [6, 6.07) is 1.32. The summed E-state index contributed by atoms with van der Waals surface area (Å²) in [6.45, 7) is 0.0107. The molecule has 1 heterocycles. The number of rotatable bonds is 5. The van der Waals surface area contributed by atoms with Crippen molar-refractivity contribution < 1.29 is 13.5 Å². The van der Waals surface area contributed by atoms with Gasteiger partial charge in [-0.3, -0.25) is 0 Å². The zero-order valence-electron chi connectivity index (χ0n) is 10.1. The first-order chi connectivity index (χ1) is 8.90. The van der Waals surface area contributed by atoms with E-state index in [0.717, 1.165) is 37.0 Å². The van der Waals surface area contributed by atoms with Crippen molar-refractivity contribution in [2.24, 2.45) is 5.92 Å². The minimum atomic E-state index is -3.71. The molecule has 1 atom stereocenters. The van der Waals surface area contributed by atoms with Gasteiger partial charge in [-0.15, -0.1) is 11.3 Å². The highest BCUT2D eigenvalue weighted by Crippen LogP contribution is 2.34. The Balaban J connectivity index is 1.99. The molecule has 0 spiro atoms. The van der Waals surface area contributed by atoms with Crippen molar-refractivity contribution in [2.45, 2.75) is 36.7 Å². The molecule has 1 aliphatic rings. The highest BCUT2D eigenvalue weighted by molar-refractivity contribution is 7.89. The van der Waals surface area contributed by atoms with Crippen molar-refractivity contribution >= 4 is 44.6 Å². The second-order valence-electron chi connectivity index (χ2n) is 4.65. The van der Waals surface area contributed by atoms with Crippen LogP contribution in [0.15, 0.2) is 11.0 Å². The van der Waals surface area contributed by atoms with E-state index in [1.807, 2.05) is 0 Å². The van der Waals surface area contributed by atoms with Crippen molar-refractivity contribution in [3.05, 3.63) is 14.7 Å². The van der Waals surface area contributed by atoms with Gasteiger partial charge in [-0.25, -0.2) is 13.1 Å². The zero-order valence-corrected chi connectivity index (χ0v) is 13.2. The third-order valence-electron chi connectivity index (χ3n) is 3.34. The maximum atomic E-state index is 12.0. The molecule has 4 nitrogen and oxygen atoms in total. The Morgan fingerprint density at radius 1 is 1.42 bits per heavy atom. The number of thiophene rings is 1. The largest absolute Gasteiger partial charge is 0.391 e. The van der Waals surface area contributed by atoms with E-state index < -0.39 is 16.1 Å². The Morgan fingerprint density at radius 2 is 2.05 bits per heavy atom. The molecule has 1 aromatic heterocycles. The van der Waals surface area contributed by atoms with Crippen molar-refractivity contribution in [3.63, 3.8) is 0 Å². The second kappa shape index (κ2) is 6.28. The Labute approximate surface area is 126 Å². The lowest BCUT2D eigenvalue weighted by molar-refractivity contribution is 0.115. The van der Waals surface area contributed by atoms with E-state index in [4.69, 9.17) is 23.2 Å². The number of aliphatic hydroxyl groups is 1. The van der Waals surface area contributed by atoms with Gasteiger partial charge in [-0.1, -0.05) is 36.0 Å². The van der Waals surface area contributed by atoms with Gasteiger partial charge in [0.25, 0.3) is 0 Å². The molecule has 1 aromatic rings. The van der Waals surface area contributed by atoms with E-state index >= 15 is 0 Å². The van der Waals surface area contributed by atoms with Crippen LogP contribution in [0.1, 0.15) is 25.7 Å². The van der Waals surface area contributed by atoms with Gasteiger partial charge < -0.3 is 5.11 Å². The first-order valence-electron chi connectivity index (χ1n) is 6.02. The Morgan fingerprint density at radius 3 is 2.58 bits per heavy atom. The van der Waals surface area contributed by atoms with Crippen LogP contribution >= 0.6 is 34.5 Å². The lowest BCUT2D eigenvalue weighted by Gasteiger charge is -2.17. The number of hydrogen-bond donors (Lipinski definition) is 2. The predicted octanol–water partition coefficient (Wildman–Crippen LogP) is 2.88. The standard InChI is InChI=1S/C11H15Cl2NO3S2/c12-10-5-9(11(13)18-10)19(16,17)14-6-8(15)7-3-1-2-4-7/h5,7-8,14-15H,1-4,6H2. The third kappa shape index (κ3) is 3.83. The fourth-order valence-corrected chi connectivity index (χ4v) is 5.49. The Kier molecular flexibility index (Phi) is 5.14. The maximum Gasteiger partial charge on any atom is 0.243 e. The minimum absolute atomic E-state index is 0.0107. The molecule has 0 aromatic carbocycles. The van der Waals surface area contributed by atoms with E-state index in [1.54, 1.807) is 0 Å². The van der Waals surface area contributed by atoms with Gasteiger partial charge in [-0.2, -0.15) is 0 Å². The summed E-state index contributed by atoms with van der Waals surface area (Å²) in [5.41, 5.74) is 0. The van der Waals surface area contributed by atoms with E-state index in [1.165, 1.54) is 6.07 Å². The summed E-state index contributed by atoms with van der Waals surface area (Å²) in [5.74, 6) is 0.184. The topological polar surface area (TPSA) is 66.4 Å². The lowest BCUT2D eigenvalue weighted by atomic mass is 10.0. The Hall–Kier alpha value is 0.150. The van der Waals surface area contributed by atoms with Gasteiger partial charge in [0.15, 0.2) is 0 Å². The van der Waals surface area contributed by atoms with Gasteiger partial charge in [0.1, 0.15) is 9.23 Å². The van der Waals surface area contributed by atoms with E-state index in [2.05, 4.69) is 4.72 Å². The van der Waals surface area contributed by atoms with Crippen molar-refractivity contribution in [1.29, 1.82) is 0 Å². The molecule has 0 aliphatic heterocycles. The van der Waals surface area contributed by atoms with E-state index in [9.17, 15) is 13.5 Å². The SMILES string of the molecule is O=S(=O)(NCC(O)C1CCCC1)c1cc(Cl)sc1Cl. The van der Waals surface area contributed by atoms with Gasteiger partial charge in [0.2, 0.25) is 10.0 Å². The van der Waals surface area contributed by atoms with Crippen LogP contribution in [0.3, 0.4) is 0 Å². The second-order valence-corrected chi connectivity index (χ2v) is 8.67. The summed E-state index contributed by atoms with van der Waals surface area (Å²) < 4.78 is 26.9. The summed E-state index contributed by atoms with van der Waals surface area (Å²) in [5, 5.41) is 9.95. The van der Waals surface area contributed by atoms with Crippen LogP contribution < -0.4 is 4.72 Å². The van der Waals surface area contributed by atoms with Gasteiger partial charge in [-0.05, 0) is 24.8 Å². The zero-order chi connectivity index (χ0) is 14.0. The molecule has 1 aliphatic carbocycles. The van der Waals surface area contributed by atoms with Gasteiger partial charge >= 0.3 is 0 Å². The number of hydrogen-bond acceptors (Lipinski definition) is 4. The van der Waals surface area contributed by atoms with Crippen LogP contribution in [0.4, 0.5) is 0 Å². The predicted molar refractivity (Wildman–Crippen MR) is 77.5 cm³/mol. The number of sulfonamides is 1. The maximum absolute atomic E-state index is 12.0. The van der Waals surface area contributed by atoms with Crippen molar-refractivity contribution in [1.82, 2.24) is 4.72 Å². The molecular formula is C11H15Cl2NO3S2. The Bertz CT molecular complexity index is 538. The summed E-state index contributed by atoms with van der Waals surface area (Å²) >= 11 is 12.6. The molecule has 0 radical (unpaired) electrons. The monoisotopic (exact) mass is 343 g/mol. The summed E-state index contributed by atoms with van der Waals surface area (Å²) in [6.07, 6.45) is 3.45. The molecule has 0 amide bonds. The molecule has 8 heteroatoms. The quantitative estimate of drug-likeness (QED) is 0.863. The molecule has 0 saturated heterocycles. The number of aliphatic hydroxyl groups excluding tert-OH is 1. The van der Waals surface area contributed by atoms with Crippen LogP contribution in [0.2, 0.25) is 8.67 Å². The normalized spacial score (nSPS) is 18.9. The first kappa shape index (κ1) is 15.5. The van der Waals surface area contributed by atoms with Gasteiger partial charge in [0.05, 0.1) is 10.4 Å². The fourth-order valence-electron chi connectivity index (χ4n) is 2.29. The van der Waals surface area contributed by atoms with Crippen LogP contribution in [0.25, 0.3) is 0 Å². The average molecular weight is 344 g/mol. The molecule has 2 N–H and O–H groups in total. The molecule has 19 heavy (non-hydrogen) atoms. The molecule has 1 unspecified atom stereocenters. The van der Waals surface area contributed by atoms with Crippen LogP contribution in [0.5, 0.6) is 0 Å². The molecule has 1 saturated carbocycles. The third-order valence-corrected chi connectivity index (χ3v) is 6.52. The highest BCUT2D eigenvalue weighted by atomic mass is 35.5. The van der Waals surface area contributed by atoms with Crippen molar-refractivity contribution in [3.8, 4) is 0 Å². The van der Waals surface area contributed by atoms with Crippen LogP contribution in [0, 0.1) is 5.92 Å². The average Bonchev–Trinajstić information content (AvgIpc) is 2.96. The fraction of sp³-hybridized carbons (Fsp3) is 0.636. The molecule has 1 fully saturated rings.